The Kier molecular flexibility index (Phi) is 5.96. The number of amides is 3. The summed E-state index contributed by atoms with van der Waals surface area (Å²) in [6, 6.07) is 6.09. The first-order valence-electron chi connectivity index (χ1n) is 10.8. The summed E-state index contributed by atoms with van der Waals surface area (Å²) in [4.78, 5) is 40.6. The maximum absolute atomic E-state index is 13.0. The quantitative estimate of drug-likeness (QED) is 0.708. The smallest absolute Gasteiger partial charge is 0.255 e. The minimum atomic E-state index is -0.555. The second kappa shape index (κ2) is 8.63. The molecule has 3 aliphatic rings. The zero-order valence-electron chi connectivity index (χ0n) is 17.1. The topological polar surface area (TPSA) is 81.8 Å². The van der Waals surface area contributed by atoms with Crippen molar-refractivity contribution in [2.45, 2.75) is 64.2 Å². The van der Waals surface area contributed by atoms with Crippen LogP contribution < -0.4 is 10.6 Å². The largest absolute Gasteiger partial charge is 0.322 e. The van der Waals surface area contributed by atoms with Crippen LogP contribution in [0.15, 0.2) is 18.2 Å². The first-order valence-corrected chi connectivity index (χ1v) is 10.8. The van der Waals surface area contributed by atoms with Crippen LogP contribution in [-0.4, -0.2) is 59.2 Å². The lowest BCUT2D eigenvalue weighted by Gasteiger charge is -2.30. The lowest BCUT2D eigenvalue weighted by atomic mass is 10.0. The zero-order chi connectivity index (χ0) is 20.4. The molecule has 1 unspecified atom stereocenters. The highest BCUT2D eigenvalue weighted by atomic mass is 16.2. The number of piperidine rings is 2. The molecule has 1 aromatic carbocycles. The molecule has 4 rings (SSSR count). The molecule has 7 nitrogen and oxygen atoms in total. The van der Waals surface area contributed by atoms with Gasteiger partial charge in [0, 0.05) is 37.7 Å². The molecule has 0 spiro atoms. The highest BCUT2D eigenvalue weighted by Crippen LogP contribution is 2.28. The summed E-state index contributed by atoms with van der Waals surface area (Å²) in [6.07, 6.45) is 4.45. The fourth-order valence-corrected chi connectivity index (χ4v) is 4.66. The number of carbonyl (C=O) groups excluding carboxylic acids is 3. The van der Waals surface area contributed by atoms with E-state index in [1.54, 1.807) is 4.90 Å². The van der Waals surface area contributed by atoms with Crippen LogP contribution in [0.1, 0.15) is 60.5 Å². The molecule has 3 heterocycles. The number of carbonyl (C=O) groups is 3. The van der Waals surface area contributed by atoms with E-state index in [2.05, 4.69) is 28.5 Å². The Morgan fingerprint density at radius 2 is 2.03 bits per heavy atom. The van der Waals surface area contributed by atoms with Crippen LogP contribution in [0.4, 0.5) is 0 Å². The third-order valence-electron chi connectivity index (χ3n) is 6.34. The Morgan fingerprint density at radius 1 is 1.17 bits per heavy atom. The summed E-state index contributed by atoms with van der Waals surface area (Å²) in [5.74, 6) is -0.724. The monoisotopic (exact) mass is 398 g/mol. The van der Waals surface area contributed by atoms with Crippen LogP contribution in [0.3, 0.4) is 0 Å². The number of fused-ring (bicyclic) bond motifs is 1. The van der Waals surface area contributed by atoms with Gasteiger partial charge in [-0.2, -0.15) is 0 Å². The Morgan fingerprint density at radius 3 is 2.76 bits per heavy atom. The van der Waals surface area contributed by atoms with E-state index in [0.717, 1.165) is 37.3 Å². The van der Waals surface area contributed by atoms with E-state index in [9.17, 15) is 14.4 Å². The van der Waals surface area contributed by atoms with Gasteiger partial charge in [-0.3, -0.25) is 24.6 Å². The number of nitrogens with one attached hydrogen (secondary N) is 2. The molecule has 1 aromatic rings. The second-order valence-corrected chi connectivity index (χ2v) is 8.37. The molecule has 0 radical (unpaired) electrons. The van der Waals surface area contributed by atoms with E-state index < -0.39 is 6.04 Å². The molecule has 2 fully saturated rings. The van der Waals surface area contributed by atoms with Gasteiger partial charge in [-0.05, 0) is 49.5 Å². The van der Waals surface area contributed by atoms with Crippen molar-refractivity contribution >= 4 is 17.7 Å². The van der Waals surface area contributed by atoms with E-state index in [0.29, 0.717) is 24.6 Å². The number of hydrogen-bond donors (Lipinski definition) is 2. The maximum Gasteiger partial charge on any atom is 0.255 e. The van der Waals surface area contributed by atoms with Gasteiger partial charge in [0.25, 0.3) is 5.91 Å². The summed E-state index contributed by atoms with van der Waals surface area (Å²) < 4.78 is 0. The summed E-state index contributed by atoms with van der Waals surface area (Å²) in [6.45, 7) is 6.51. The molecule has 2 N–H and O–H groups in total. The van der Waals surface area contributed by atoms with Crippen LogP contribution in [0, 0.1) is 0 Å². The van der Waals surface area contributed by atoms with Crippen LogP contribution in [0.25, 0.3) is 0 Å². The SMILES string of the molecule is CCN(Cc1ccc2c(c1)C(=O)N(C1CCC(=O)NC1=O)C2)C[C@H]1CCCCN1. The van der Waals surface area contributed by atoms with E-state index in [1.165, 1.54) is 19.3 Å². The maximum atomic E-state index is 13.0. The summed E-state index contributed by atoms with van der Waals surface area (Å²) in [5, 5.41) is 5.96. The van der Waals surface area contributed by atoms with Gasteiger partial charge in [0.1, 0.15) is 6.04 Å². The molecule has 156 valence electrons. The molecule has 0 aromatic heterocycles. The zero-order valence-corrected chi connectivity index (χ0v) is 17.1. The Balaban J connectivity index is 1.43. The molecule has 0 saturated carbocycles. The first-order chi connectivity index (χ1) is 14.0. The average Bonchev–Trinajstić information content (AvgIpc) is 3.04. The van der Waals surface area contributed by atoms with Crippen molar-refractivity contribution in [2.75, 3.05) is 19.6 Å². The van der Waals surface area contributed by atoms with Gasteiger partial charge in [-0.1, -0.05) is 25.5 Å². The molecular weight excluding hydrogens is 368 g/mol. The average molecular weight is 399 g/mol. The molecule has 2 saturated heterocycles. The molecular formula is C22H30N4O3. The lowest BCUT2D eigenvalue weighted by Crippen LogP contribution is -2.52. The Bertz CT molecular complexity index is 803. The number of rotatable bonds is 6. The van der Waals surface area contributed by atoms with Crippen molar-refractivity contribution < 1.29 is 14.4 Å². The van der Waals surface area contributed by atoms with Gasteiger partial charge in [0.05, 0.1) is 0 Å². The van der Waals surface area contributed by atoms with Crippen molar-refractivity contribution in [3.63, 3.8) is 0 Å². The molecule has 3 amide bonds. The molecule has 2 atom stereocenters. The molecule has 7 heteroatoms. The predicted octanol–water partition coefficient (Wildman–Crippen LogP) is 1.41. The van der Waals surface area contributed by atoms with Crippen molar-refractivity contribution in [3.05, 3.63) is 34.9 Å². The summed E-state index contributed by atoms with van der Waals surface area (Å²) >= 11 is 0. The van der Waals surface area contributed by atoms with Crippen molar-refractivity contribution in [2.24, 2.45) is 0 Å². The van der Waals surface area contributed by atoms with Crippen LogP contribution >= 0.6 is 0 Å². The Labute approximate surface area is 171 Å². The van der Waals surface area contributed by atoms with Crippen molar-refractivity contribution in [3.8, 4) is 0 Å². The predicted molar refractivity (Wildman–Crippen MR) is 109 cm³/mol. The fraction of sp³-hybridized carbons (Fsp3) is 0.591. The number of benzene rings is 1. The highest BCUT2D eigenvalue weighted by Gasteiger charge is 2.39. The van der Waals surface area contributed by atoms with Gasteiger partial charge in [0.15, 0.2) is 0 Å². The molecule has 0 aliphatic carbocycles. The lowest BCUT2D eigenvalue weighted by molar-refractivity contribution is -0.136. The standard InChI is InChI=1S/C22H30N4O3/c1-2-25(14-17-5-3-4-10-23-17)12-15-6-7-16-13-26(22(29)18(16)11-15)19-8-9-20(27)24-21(19)28/h6-7,11,17,19,23H,2-5,8-10,12-14H2,1H3,(H,24,27,28)/t17-,19?/m1/s1. The van der Waals surface area contributed by atoms with Crippen LogP contribution in [-0.2, 0) is 22.7 Å². The van der Waals surface area contributed by atoms with Gasteiger partial charge < -0.3 is 10.2 Å². The summed E-state index contributed by atoms with van der Waals surface area (Å²) in [5.41, 5.74) is 2.78. The number of likely N-dealkylation sites (N-methyl/N-ethyl adjacent to an activating group) is 1. The van der Waals surface area contributed by atoms with Crippen LogP contribution in [0.5, 0.6) is 0 Å². The minimum absolute atomic E-state index is 0.103. The number of imide groups is 1. The Hall–Kier alpha value is -2.25. The van der Waals surface area contributed by atoms with E-state index >= 15 is 0 Å². The van der Waals surface area contributed by atoms with E-state index in [-0.39, 0.29) is 24.1 Å². The van der Waals surface area contributed by atoms with Gasteiger partial charge in [0.2, 0.25) is 11.8 Å². The third kappa shape index (κ3) is 4.36. The van der Waals surface area contributed by atoms with Gasteiger partial charge in [-0.25, -0.2) is 0 Å². The second-order valence-electron chi connectivity index (χ2n) is 8.37. The normalized spacial score (nSPS) is 24.8. The van der Waals surface area contributed by atoms with E-state index in [4.69, 9.17) is 0 Å². The fourth-order valence-electron chi connectivity index (χ4n) is 4.66. The van der Waals surface area contributed by atoms with Gasteiger partial charge in [-0.15, -0.1) is 0 Å². The van der Waals surface area contributed by atoms with Crippen LogP contribution in [0.2, 0.25) is 0 Å². The van der Waals surface area contributed by atoms with Gasteiger partial charge >= 0.3 is 0 Å². The first kappa shape index (κ1) is 20.0. The van der Waals surface area contributed by atoms with E-state index in [1.807, 2.05) is 12.1 Å². The number of nitrogens with zero attached hydrogens (tertiary/aromatic N) is 2. The molecule has 29 heavy (non-hydrogen) atoms. The summed E-state index contributed by atoms with van der Waals surface area (Å²) in [7, 11) is 0. The van der Waals surface area contributed by atoms with Crippen molar-refractivity contribution in [1.29, 1.82) is 0 Å². The minimum Gasteiger partial charge on any atom is -0.322 e. The molecule has 0 bridgehead atoms. The highest BCUT2D eigenvalue weighted by molar-refractivity contribution is 6.05. The van der Waals surface area contributed by atoms with Crippen molar-refractivity contribution in [1.82, 2.24) is 20.4 Å². The third-order valence-corrected chi connectivity index (χ3v) is 6.34. The number of hydrogen-bond acceptors (Lipinski definition) is 5. The molecule has 3 aliphatic heterocycles.